The first kappa shape index (κ1) is 20.4. The number of rotatable bonds is 4. The predicted octanol–water partition coefficient (Wildman–Crippen LogP) is 3.12. The lowest BCUT2D eigenvalue weighted by Gasteiger charge is -2.34. The van der Waals surface area contributed by atoms with Gasteiger partial charge in [-0.1, -0.05) is 11.6 Å². The number of hydrogen-bond donors (Lipinski definition) is 2. The Balaban J connectivity index is 1.76. The number of ether oxygens (including phenoxy) is 2. The van der Waals surface area contributed by atoms with Crippen LogP contribution in [0.25, 0.3) is 22.0 Å². The van der Waals surface area contributed by atoms with Gasteiger partial charge < -0.3 is 14.4 Å². The molecule has 2 aliphatic rings. The Labute approximate surface area is 185 Å². The Kier molecular flexibility index (Phi) is 5.62. The van der Waals surface area contributed by atoms with Crippen molar-refractivity contribution in [1.29, 1.82) is 0 Å². The molecule has 0 saturated carbocycles. The number of fused-ring (bicyclic) bond motifs is 1. The van der Waals surface area contributed by atoms with Gasteiger partial charge in [0, 0.05) is 36.4 Å². The molecule has 0 spiro atoms. The van der Waals surface area contributed by atoms with Gasteiger partial charge in [0.25, 0.3) is 0 Å². The molecule has 9 heteroatoms. The van der Waals surface area contributed by atoms with Crippen molar-refractivity contribution in [2.75, 3.05) is 38.3 Å². The summed E-state index contributed by atoms with van der Waals surface area (Å²) in [6.45, 7) is 5.18. The first-order valence-electron chi connectivity index (χ1n) is 10.5. The molecule has 2 atom stereocenters. The second kappa shape index (κ2) is 8.55. The van der Waals surface area contributed by atoms with Gasteiger partial charge in [0.1, 0.15) is 10.8 Å². The number of methoxy groups -OCH3 is 1. The van der Waals surface area contributed by atoms with Crippen LogP contribution in [0.1, 0.15) is 25.1 Å². The molecule has 0 radical (unpaired) electrons. The largest absolute Gasteiger partial charge is 0.480 e. The molecule has 31 heavy (non-hydrogen) atoms. The summed E-state index contributed by atoms with van der Waals surface area (Å²) in [4.78, 5) is 16.3. The molecule has 2 N–H and O–H groups in total. The maximum Gasteiger partial charge on any atom is 0.232 e. The van der Waals surface area contributed by atoms with E-state index >= 15 is 0 Å². The van der Waals surface area contributed by atoms with Gasteiger partial charge in [-0.15, -0.1) is 0 Å². The predicted molar refractivity (Wildman–Crippen MR) is 120 cm³/mol. The van der Waals surface area contributed by atoms with Crippen molar-refractivity contribution in [2.45, 2.75) is 25.4 Å². The highest BCUT2D eigenvalue weighted by Gasteiger charge is 2.26. The summed E-state index contributed by atoms with van der Waals surface area (Å²) >= 11 is 6.70. The highest BCUT2D eigenvalue weighted by atomic mass is 35.5. The summed E-state index contributed by atoms with van der Waals surface area (Å²) in [5, 5.41) is 1.48. The smallest absolute Gasteiger partial charge is 0.232 e. The fourth-order valence-corrected chi connectivity index (χ4v) is 4.61. The van der Waals surface area contributed by atoms with E-state index in [-0.39, 0.29) is 12.1 Å². The summed E-state index contributed by atoms with van der Waals surface area (Å²) in [6, 6.07) is 6.35. The third kappa shape index (κ3) is 3.70. The van der Waals surface area contributed by atoms with E-state index in [0.717, 1.165) is 53.1 Å². The first-order valence-corrected chi connectivity index (χ1v) is 10.9. The van der Waals surface area contributed by atoms with E-state index < -0.39 is 0 Å². The zero-order chi connectivity index (χ0) is 21.4. The molecule has 0 aromatic carbocycles. The molecule has 0 aliphatic carbocycles. The van der Waals surface area contributed by atoms with Gasteiger partial charge in [-0.05, 0) is 37.1 Å². The summed E-state index contributed by atoms with van der Waals surface area (Å²) in [5.41, 5.74) is 10.2. The number of nitrogens with one attached hydrogen (secondary N) is 2. The second-order valence-electron chi connectivity index (χ2n) is 7.83. The van der Waals surface area contributed by atoms with Gasteiger partial charge in [-0.3, -0.25) is 10.4 Å². The minimum atomic E-state index is 0.101. The Morgan fingerprint density at radius 3 is 2.87 bits per heavy atom. The van der Waals surface area contributed by atoms with Crippen molar-refractivity contribution in [1.82, 2.24) is 25.8 Å². The summed E-state index contributed by atoms with van der Waals surface area (Å²) in [5.74, 6) is 1.30. The van der Waals surface area contributed by atoms with Crippen LogP contribution < -0.4 is 20.5 Å². The third-order valence-corrected chi connectivity index (χ3v) is 6.27. The molecule has 2 saturated heterocycles. The van der Waals surface area contributed by atoms with Crippen LogP contribution in [0, 0.1) is 0 Å². The lowest BCUT2D eigenvalue weighted by atomic mass is 9.99. The van der Waals surface area contributed by atoms with Crippen LogP contribution in [0.4, 0.5) is 5.82 Å². The van der Waals surface area contributed by atoms with Gasteiger partial charge in [0.05, 0.1) is 43.6 Å². The lowest BCUT2D eigenvalue weighted by Crippen LogP contribution is -2.44. The highest BCUT2D eigenvalue weighted by Crippen LogP contribution is 2.40. The lowest BCUT2D eigenvalue weighted by molar-refractivity contribution is 0.0986. The standard InChI is InChI=1S/C22H25ClN6O2/c1-13-12-31-10-9-29(13)18-11-16(14-3-7-25-22(30-2)19(14)23)15-4-6-24-21(20(15)27-18)17-5-8-26-28-17/h3-4,6-7,11,13,17,26,28H,5,8-10,12H2,1-2H3/t13-,17?/m1/s1. The molecule has 2 aliphatic heterocycles. The van der Waals surface area contributed by atoms with Crippen LogP contribution in [0.3, 0.4) is 0 Å². The summed E-state index contributed by atoms with van der Waals surface area (Å²) in [7, 11) is 1.57. The van der Waals surface area contributed by atoms with Gasteiger partial charge in [-0.25, -0.2) is 15.4 Å². The van der Waals surface area contributed by atoms with E-state index in [2.05, 4.69) is 33.7 Å². The Bertz CT molecular complexity index is 1100. The quantitative estimate of drug-likeness (QED) is 0.640. The topological polar surface area (TPSA) is 84.4 Å². The van der Waals surface area contributed by atoms with Crippen LogP contribution in [0.2, 0.25) is 5.02 Å². The van der Waals surface area contributed by atoms with Crippen molar-refractivity contribution in [3.05, 3.63) is 41.3 Å². The minimum absolute atomic E-state index is 0.101. The molecule has 162 valence electrons. The average Bonchev–Trinajstić information content (AvgIpc) is 3.33. The molecular formula is C22H25ClN6O2. The second-order valence-corrected chi connectivity index (χ2v) is 8.21. The van der Waals surface area contributed by atoms with Crippen LogP contribution >= 0.6 is 11.6 Å². The molecule has 5 rings (SSSR count). The monoisotopic (exact) mass is 440 g/mol. The Morgan fingerprint density at radius 2 is 2.10 bits per heavy atom. The number of nitrogens with zero attached hydrogens (tertiary/aromatic N) is 4. The number of hydrogen-bond acceptors (Lipinski definition) is 8. The van der Waals surface area contributed by atoms with Crippen molar-refractivity contribution in [3.63, 3.8) is 0 Å². The van der Waals surface area contributed by atoms with Gasteiger partial charge >= 0.3 is 0 Å². The van der Waals surface area contributed by atoms with Crippen molar-refractivity contribution >= 4 is 28.3 Å². The number of halogens is 1. The van der Waals surface area contributed by atoms with E-state index in [1.807, 2.05) is 18.3 Å². The number of morpholine rings is 1. The van der Waals surface area contributed by atoms with Crippen LogP contribution in [-0.2, 0) is 4.74 Å². The molecule has 3 aromatic rings. The minimum Gasteiger partial charge on any atom is -0.480 e. The first-order chi connectivity index (χ1) is 15.2. The fraction of sp³-hybridized carbons (Fsp3) is 0.409. The normalized spacial score (nSPS) is 21.6. The van der Waals surface area contributed by atoms with Crippen LogP contribution in [0.5, 0.6) is 5.88 Å². The molecule has 0 bridgehead atoms. The molecule has 3 aromatic heterocycles. The van der Waals surface area contributed by atoms with E-state index in [1.54, 1.807) is 13.3 Å². The zero-order valence-electron chi connectivity index (χ0n) is 17.6. The van der Waals surface area contributed by atoms with Gasteiger partial charge in [0.15, 0.2) is 0 Å². The highest BCUT2D eigenvalue weighted by molar-refractivity contribution is 6.35. The molecular weight excluding hydrogens is 416 g/mol. The van der Waals surface area contributed by atoms with Crippen molar-refractivity contribution < 1.29 is 9.47 Å². The van der Waals surface area contributed by atoms with E-state index in [9.17, 15) is 0 Å². The SMILES string of the molecule is COc1nccc(-c2cc(N3CCOC[C@H]3C)nc3c(C4CCNN4)nccc23)c1Cl. The van der Waals surface area contributed by atoms with Gasteiger partial charge in [-0.2, -0.15) is 0 Å². The fourth-order valence-electron chi connectivity index (χ4n) is 4.32. The maximum absolute atomic E-state index is 6.70. The third-order valence-electron chi connectivity index (χ3n) is 5.91. The maximum atomic E-state index is 6.70. The van der Waals surface area contributed by atoms with Crippen molar-refractivity contribution in [3.8, 4) is 17.0 Å². The Morgan fingerprint density at radius 1 is 1.23 bits per heavy atom. The van der Waals surface area contributed by atoms with Crippen molar-refractivity contribution in [2.24, 2.45) is 0 Å². The molecule has 2 fully saturated rings. The summed E-state index contributed by atoms with van der Waals surface area (Å²) < 4.78 is 11.0. The van der Waals surface area contributed by atoms with Crippen LogP contribution in [-0.4, -0.2) is 54.4 Å². The zero-order valence-corrected chi connectivity index (χ0v) is 18.3. The van der Waals surface area contributed by atoms with Gasteiger partial charge in [0.2, 0.25) is 5.88 Å². The van der Waals surface area contributed by atoms with E-state index in [1.165, 1.54) is 0 Å². The molecule has 0 amide bonds. The van der Waals surface area contributed by atoms with Crippen LogP contribution in [0.15, 0.2) is 30.6 Å². The van der Waals surface area contributed by atoms with E-state index in [4.69, 9.17) is 31.0 Å². The number of pyridine rings is 3. The number of hydrazine groups is 1. The number of aromatic nitrogens is 3. The Hall–Kier alpha value is -2.52. The molecule has 1 unspecified atom stereocenters. The molecule has 5 heterocycles. The summed E-state index contributed by atoms with van der Waals surface area (Å²) in [6.07, 6.45) is 4.51. The average molecular weight is 441 g/mol. The molecule has 8 nitrogen and oxygen atoms in total. The number of anilines is 1. The van der Waals surface area contributed by atoms with E-state index in [0.29, 0.717) is 24.1 Å².